The van der Waals surface area contributed by atoms with Gasteiger partial charge >= 0.3 is 12.0 Å². The van der Waals surface area contributed by atoms with Gasteiger partial charge in [0.2, 0.25) is 5.75 Å². The number of benzene rings is 1. The average molecular weight is 350 g/mol. The number of ether oxygens (including phenoxy) is 4. The molecule has 0 bridgehead atoms. The Balaban J connectivity index is 2.39. The summed E-state index contributed by atoms with van der Waals surface area (Å²) in [5, 5.41) is 2.41. The van der Waals surface area contributed by atoms with Crippen molar-refractivity contribution < 1.29 is 33.3 Å². The smallest absolute Gasteiger partial charge is 0.329 e. The Morgan fingerprint density at radius 2 is 1.76 bits per heavy atom. The van der Waals surface area contributed by atoms with Gasteiger partial charge in [-0.1, -0.05) is 0 Å². The number of nitrogens with one attached hydrogen (secondary N) is 1. The zero-order chi connectivity index (χ0) is 18.6. The highest BCUT2D eigenvalue weighted by atomic mass is 16.5. The van der Waals surface area contributed by atoms with Crippen LogP contribution in [0.4, 0.5) is 4.79 Å². The first-order chi connectivity index (χ1) is 12.0. The maximum atomic E-state index is 12.3. The summed E-state index contributed by atoms with van der Waals surface area (Å²) in [5.41, 5.74) is 0.489. The van der Waals surface area contributed by atoms with Crippen molar-refractivity contribution in [2.45, 2.75) is 0 Å². The Morgan fingerprint density at radius 1 is 1.08 bits per heavy atom. The molecule has 0 unspecified atom stereocenters. The molecule has 0 atom stereocenters. The topological polar surface area (TPSA) is 103 Å². The second-order valence-corrected chi connectivity index (χ2v) is 4.88. The summed E-state index contributed by atoms with van der Waals surface area (Å²) in [6, 6.07) is 2.58. The van der Waals surface area contributed by atoms with Gasteiger partial charge in [-0.05, 0) is 18.2 Å². The summed E-state index contributed by atoms with van der Waals surface area (Å²) in [6.45, 7) is -0.471. The van der Waals surface area contributed by atoms with Crippen LogP contribution in [0.5, 0.6) is 17.2 Å². The number of nitrogens with zero attached hydrogens (tertiary/aromatic N) is 1. The van der Waals surface area contributed by atoms with Crippen LogP contribution in [0.25, 0.3) is 6.08 Å². The first-order valence-corrected chi connectivity index (χ1v) is 7.17. The molecular weight excluding hydrogens is 332 g/mol. The maximum absolute atomic E-state index is 12.3. The maximum Gasteiger partial charge on any atom is 0.329 e. The van der Waals surface area contributed by atoms with Crippen LogP contribution in [-0.2, 0) is 14.3 Å². The van der Waals surface area contributed by atoms with Crippen molar-refractivity contribution in [2.75, 3.05) is 35.0 Å². The Morgan fingerprint density at radius 3 is 2.32 bits per heavy atom. The molecule has 2 rings (SSSR count). The Kier molecular flexibility index (Phi) is 5.48. The van der Waals surface area contributed by atoms with Gasteiger partial charge in [0, 0.05) is 5.56 Å². The van der Waals surface area contributed by atoms with E-state index >= 15 is 0 Å². The number of rotatable bonds is 6. The van der Waals surface area contributed by atoms with Crippen molar-refractivity contribution in [1.29, 1.82) is 0 Å². The normalized spacial score (nSPS) is 15.2. The molecule has 1 aliphatic heterocycles. The van der Waals surface area contributed by atoms with Crippen molar-refractivity contribution >= 4 is 24.0 Å². The van der Waals surface area contributed by atoms with Crippen LogP contribution in [-0.4, -0.2) is 57.8 Å². The lowest BCUT2D eigenvalue weighted by molar-refractivity contribution is -0.143. The molecular formula is C16H18N2O7. The summed E-state index contributed by atoms with van der Waals surface area (Å²) in [7, 11) is 5.56. The van der Waals surface area contributed by atoms with Gasteiger partial charge in [-0.3, -0.25) is 9.59 Å². The Labute approximate surface area is 144 Å². The first-order valence-electron chi connectivity index (χ1n) is 7.17. The average Bonchev–Trinajstić information content (AvgIpc) is 2.88. The summed E-state index contributed by atoms with van der Waals surface area (Å²) in [4.78, 5) is 36.3. The van der Waals surface area contributed by atoms with Crippen molar-refractivity contribution in [1.82, 2.24) is 10.2 Å². The van der Waals surface area contributed by atoms with Crippen LogP contribution in [0, 0.1) is 0 Å². The van der Waals surface area contributed by atoms with Gasteiger partial charge in [-0.15, -0.1) is 0 Å². The summed E-state index contributed by atoms with van der Waals surface area (Å²) < 4.78 is 20.3. The molecule has 9 nitrogen and oxygen atoms in total. The van der Waals surface area contributed by atoms with Gasteiger partial charge < -0.3 is 24.3 Å². The summed E-state index contributed by atoms with van der Waals surface area (Å²) in [5.74, 6) is -0.207. The molecule has 1 aromatic carbocycles. The number of amides is 3. The molecule has 3 amide bonds. The van der Waals surface area contributed by atoms with Crippen LogP contribution in [0.15, 0.2) is 17.8 Å². The number of urea groups is 1. The van der Waals surface area contributed by atoms with E-state index in [4.69, 9.17) is 14.2 Å². The molecule has 1 N–H and O–H groups in total. The molecule has 0 saturated carbocycles. The molecule has 0 spiro atoms. The molecule has 1 fully saturated rings. The van der Waals surface area contributed by atoms with E-state index in [0.29, 0.717) is 22.8 Å². The van der Waals surface area contributed by atoms with Crippen LogP contribution in [0.3, 0.4) is 0 Å². The lowest BCUT2D eigenvalue weighted by Crippen LogP contribution is -2.36. The molecule has 1 aliphatic rings. The minimum absolute atomic E-state index is 0.000534. The largest absolute Gasteiger partial charge is 0.493 e. The minimum Gasteiger partial charge on any atom is -0.493 e. The van der Waals surface area contributed by atoms with Gasteiger partial charge in [0.25, 0.3) is 5.91 Å². The predicted octanol–water partition coefficient (Wildman–Crippen LogP) is 0.778. The SMILES string of the molecule is COC(=O)CN1C(=O)N/C(=C/c2ccc(OC)c(OC)c2OC)C1=O. The number of imide groups is 1. The minimum atomic E-state index is -0.707. The van der Waals surface area contributed by atoms with Crippen molar-refractivity contribution in [3.8, 4) is 17.2 Å². The molecule has 0 aliphatic carbocycles. The van der Waals surface area contributed by atoms with E-state index in [0.717, 1.165) is 4.90 Å². The standard InChI is InChI=1S/C16H18N2O7/c1-22-11-6-5-9(13(24-3)14(11)25-4)7-10-15(20)18(16(21)17-10)8-12(19)23-2/h5-7H,8H2,1-4H3,(H,17,21)/b10-7+. The second-order valence-electron chi connectivity index (χ2n) is 4.88. The van der Waals surface area contributed by atoms with Crippen molar-refractivity contribution in [3.63, 3.8) is 0 Å². The van der Waals surface area contributed by atoms with E-state index in [1.165, 1.54) is 34.5 Å². The zero-order valence-electron chi connectivity index (χ0n) is 14.2. The number of esters is 1. The fourth-order valence-electron chi connectivity index (χ4n) is 2.30. The predicted molar refractivity (Wildman–Crippen MR) is 86.3 cm³/mol. The lowest BCUT2D eigenvalue weighted by Gasteiger charge is -2.14. The zero-order valence-corrected chi connectivity index (χ0v) is 14.2. The molecule has 0 radical (unpaired) electrons. The van der Waals surface area contributed by atoms with Gasteiger partial charge in [-0.2, -0.15) is 0 Å². The van der Waals surface area contributed by atoms with Crippen molar-refractivity contribution in [3.05, 3.63) is 23.4 Å². The van der Waals surface area contributed by atoms with Crippen molar-refractivity contribution in [2.24, 2.45) is 0 Å². The van der Waals surface area contributed by atoms with Crippen LogP contribution >= 0.6 is 0 Å². The fourth-order valence-corrected chi connectivity index (χ4v) is 2.30. The van der Waals surface area contributed by atoms with Gasteiger partial charge in [0.15, 0.2) is 11.5 Å². The molecule has 1 saturated heterocycles. The first kappa shape index (κ1) is 18.1. The van der Waals surface area contributed by atoms with Gasteiger partial charge in [0.05, 0.1) is 28.4 Å². The van der Waals surface area contributed by atoms with E-state index in [9.17, 15) is 14.4 Å². The number of methoxy groups -OCH3 is 4. The number of hydrogen-bond acceptors (Lipinski definition) is 7. The van der Waals surface area contributed by atoms with Gasteiger partial charge in [-0.25, -0.2) is 9.69 Å². The van der Waals surface area contributed by atoms with E-state index < -0.39 is 24.5 Å². The van der Waals surface area contributed by atoms with Gasteiger partial charge in [0.1, 0.15) is 12.2 Å². The van der Waals surface area contributed by atoms with E-state index in [-0.39, 0.29) is 5.70 Å². The lowest BCUT2D eigenvalue weighted by atomic mass is 10.1. The molecule has 1 heterocycles. The molecule has 25 heavy (non-hydrogen) atoms. The fraction of sp³-hybridized carbons (Fsp3) is 0.312. The number of carbonyl (C=O) groups is 3. The number of hydrogen-bond donors (Lipinski definition) is 1. The van der Waals surface area contributed by atoms with E-state index in [2.05, 4.69) is 10.1 Å². The molecule has 0 aromatic heterocycles. The molecule has 1 aromatic rings. The summed E-state index contributed by atoms with van der Waals surface area (Å²) >= 11 is 0. The quantitative estimate of drug-likeness (QED) is 0.459. The Bertz CT molecular complexity index is 742. The second kappa shape index (κ2) is 7.56. The van der Waals surface area contributed by atoms with E-state index in [1.54, 1.807) is 12.1 Å². The highest BCUT2D eigenvalue weighted by Gasteiger charge is 2.35. The molecule has 134 valence electrons. The molecule has 9 heteroatoms. The Hall–Kier alpha value is -3.23. The van der Waals surface area contributed by atoms with Crippen LogP contribution < -0.4 is 19.5 Å². The van der Waals surface area contributed by atoms with Crippen LogP contribution in [0.1, 0.15) is 5.56 Å². The highest BCUT2D eigenvalue weighted by Crippen LogP contribution is 2.40. The third-order valence-electron chi connectivity index (χ3n) is 3.51. The van der Waals surface area contributed by atoms with E-state index in [1.807, 2.05) is 0 Å². The van der Waals surface area contributed by atoms with Crippen LogP contribution in [0.2, 0.25) is 0 Å². The monoisotopic (exact) mass is 350 g/mol. The third-order valence-corrected chi connectivity index (χ3v) is 3.51. The highest BCUT2D eigenvalue weighted by molar-refractivity contribution is 6.15. The third kappa shape index (κ3) is 3.49. The summed E-state index contributed by atoms with van der Waals surface area (Å²) in [6.07, 6.45) is 1.43. The number of carbonyl (C=O) groups excluding carboxylic acids is 3.